The number of carbonyl (C=O) groups is 1. The molecule has 3 aromatic rings. The highest BCUT2D eigenvalue weighted by Gasteiger charge is 2.21. The maximum atomic E-state index is 12.9. The van der Waals surface area contributed by atoms with Gasteiger partial charge in [-0.25, -0.2) is 0 Å². The molecule has 0 saturated carbocycles. The standard InChI is InChI=1S/C20H18O4/c1-12-8-10-15(11-9-12)19-20(23-14(3)13(2)21)18(22)16-6-4-5-7-17(16)24-19/h4-11,14H,1-3H3/t14-/m1/s1. The first-order valence-electron chi connectivity index (χ1n) is 7.77. The Labute approximate surface area is 139 Å². The number of para-hydroxylation sites is 1. The summed E-state index contributed by atoms with van der Waals surface area (Å²) >= 11 is 0. The molecule has 0 aliphatic rings. The molecule has 0 aliphatic heterocycles. The molecule has 1 aromatic heterocycles. The highest BCUT2D eigenvalue weighted by Crippen LogP contribution is 2.31. The summed E-state index contributed by atoms with van der Waals surface area (Å²) in [6.07, 6.45) is -0.724. The van der Waals surface area contributed by atoms with E-state index in [-0.39, 0.29) is 17.0 Å². The second kappa shape index (κ2) is 6.32. The minimum absolute atomic E-state index is 0.0697. The van der Waals surface area contributed by atoms with E-state index in [0.717, 1.165) is 11.1 Å². The second-order valence-corrected chi connectivity index (χ2v) is 5.82. The van der Waals surface area contributed by atoms with Crippen molar-refractivity contribution in [3.05, 3.63) is 64.3 Å². The van der Waals surface area contributed by atoms with E-state index in [2.05, 4.69) is 0 Å². The number of rotatable bonds is 4. The Kier molecular flexibility index (Phi) is 4.21. The minimum Gasteiger partial charge on any atom is -0.475 e. The molecule has 0 N–H and O–H groups in total. The first-order chi connectivity index (χ1) is 11.5. The van der Waals surface area contributed by atoms with Gasteiger partial charge in [0.1, 0.15) is 5.58 Å². The molecular formula is C20H18O4. The number of ketones is 1. The van der Waals surface area contributed by atoms with E-state index in [1.165, 1.54) is 6.92 Å². The van der Waals surface area contributed by atoms with Crippen molar-refractivity contribution in [2.75, 3.05) is 0 Å². The van der Waals surface area contributed by atoms with Crippen LogP contribution < -0.4 is 10.2 Å². The quantitative estimate of drug-likeness (QED) is 0.725. The van der Waals surface area contributed by atoms with Crippen molar-refractivity contribution >= 4 is 16.8 Å². The number of ether oxygens (including phenoxy) is 1. The van der Waals surface area contributed by atoms with Crippen LogP contribution in [0.4, 0.5) is 0 Å². The third-order valence-electron chi connectivity index (χ3n) is 3.94. The number of benzene rings is 2. The van der Waals surface area contributed by atoms with Crippen LogP contribution in [0, 0.1) is 6.92 Å². The molecule has 0 aliphatic carbocycles. The van der Waals surface area contributed by atoms with Crippen LogP contribution in [0.5, 0.6) is 5.75 Å². The number of hydrogen-bond donors (Lipinski definition) is 0. The zero-order valence-corrected chi connectivity index (χ0v) is 13.8. The van der Waals surface area contributed by atoms with Gasteiger partial charge in [-0.05, 0) is 32.9 Å². The normalized spacial score (nSPS) is 12.1. The van der Waals surface area contributed by atoms with E-state index in [0.29, 0.717) is 16.7 Å². The Hall–Kier alpha value is -2.88. The van der Waals surface area contributed by atoms with Crippen LogP contribution in [-0.4, -0.2) is 11.9 Å². The Balaban J connectivity index is 2.26. The molecule has 0 saturated heterocycles. The number of Topliss-reactive ketones (excluding diaryl/α,β-unsaturated/α-hetero) is 1. The molecule has 1 heterocycles. The lowest BCUT2D eigenvalue weighted by molar-refractivity contribution is -0.122. The molecule has 0 unspecified atom stereocenters. The Morgan fingerprint density at radius 1 is 1.08 bits per heavy atom. The fourth-order valence-electron chi connectivity index (χ4n) is 2.39. The van der Waals surface area contributed by atoms with Gasteiger partial charge in [0.25, 0.3) is 0 Å². The number of carbonyl (C=O) groups excluding carboxylic acids is 1. The van der Waals surface area contributed by atoms with Gasteiger partial charge < -0.3 is 9.15 Å². The van der Waals surface area contributed by atoms with Crippen LogP contribution in [0.2, 0.25) is 0 Å². The monoisotopic (exact) mass is 322 g/mol. The van der Waals surface area contributed by atoms with Gasteiger partial charge in [0.2, 0.25) is 11.2 Å². The smallest absolute Gasteiger partial charge is 0.235 e. The summed E-state index contributed by atoms with van der Waals surface area (Å²) in [5.41, 5.74) is 2.04. The Bertz CT molecular complexity index is 952. The lowest BCUT2D eigenvalue weighted by Crippen LogP contribution is -2.24. The van der Waals surface area contributed by atoms with Crippen molar-refractivity contribution in [1.29, 1.82) is 0 Å². The molecule has 1 atom stereocenters. The van der Waals surface area contributed by atoms with Crippen LogP contribution in [0.15, 0.2) is 57.7 Å². The van der Waals surface area contributed by atoms with Crippen LogP contribution >= 0.6 is 0 Å². The zero-order chi connectivity index (χ0) is 17.3. The molecule has 0 fully saturated rings. The summed E-state index contributed by atoms with van der Waals surface area (Å²) in [6.45, 7) is 5.03. The van der Waals surface area contributed by atoms with Crippen molar-refractivity contribution in [2.45, 2.75) is 26.9 Å². The highest BCUT2D eigenvalue weighted by molar-refractivity contribution is 5.83. The molecule has 122 valence electrons. The summed E-state index contributed by atoms with van der Waals surface area (Å²) in [6, 6.07) is 14.6. The van der Waals surface area contributed by atoms with Gasteiger partial charge in [-0.1, -0.05) is 42.0 Å². The van der Waals surface area contributed by atoms with Gasteiger partial charge in [-0.2, -0.15) is 0 Å². The highest BCUT2D eigenvalue weighted by atomic mass is 16.5. The third-order valence-corrected chi connectivity index (χ3v) is 3.94. The van der Waals surface area contributed by atoms with E-state index in [4.69, 9.17) is 9.15 Å². The van der Waals surface area contributed by atoms with Gasteiger partial charge in [0, 0.05) is 5.56 Å². The largest absolute Gasteiger partial charge is 0.475 e. The summed E-state index contributed by atoms with van der Waals surface area (Å²) in [7, 11) is 0. The van der Waals surface area contributed by atoms with E-state index < -0.39 is 6.10 Å². The molecular weight excluding hydrogens is 304 g/mol. The van der Waals surface area contributed by atoms with Gasteiger partial charge in [-0.15, -0.1) is 0 Å². The fourth-order valence-corrected chi connectivity index (χ4v) is 2.39. The molecule has 24 heavy (non-hydrogen) atoms. The maximum Gasteiger partial charge on any atom is 0.235 e. The molecule has 2 aromatic carbocycles. The summed E-state index contributed by atoms with van der Waals surface area (Å²) in [4.78, 5) is 24.4. The van der Waals surface area contributed by atoms with Crippen molar-refractivity contribution in [2.24, 2.45) is 0 Å². The van der Waals surface area contributed by atoms with Gasteiger partial charge in [0.15, 0.2) is 17.6 Å². The van der Waals surface area contributed by atoms with Crippen molar-refractivity contribution < 1.29 is 13.9 Å². The maximum absolute atomic E-state index is 12.9. The number of hydrogen-bond acceptors (Lipinski definition) is 4. The summed E-state index contributed by atoms with van der Waals surface area (Å²) in [5, 5.41) is 0.430. The minimum atomic E-state index is -0.724. The van der Waals surface area contributed by atoms with E-state index >= 15 is 0 Å². The molecule has 4 heteroatoms. The van der Waals surface area contributed by atoms with Gasteiger partial charge >= 0.3 is 0 Å². The molecule has 3 rings (SSSR count). The van der Waals surface area contributed by atoms with E-state index in [1.54, 1.807) is 25.1 Å². The molecule has 4 nitrogen and oxygen atoms in total. The Morgan fingerprint density at radius 2 is 1.75 bits per heavy atom. The van der Waals surface area contributed by atoms with Crippen molar-refractivity contribution in [3.63, 3.8) is 0 Å². The Morgan fingerprint density at radius 3 is 2.42 bits per heavy atom. The predicted molar refractivity (Wildman–Crippen MR) is 93.4 cm³/mol. The zero-order valence-electron chi connectivity index (χ0n) is 13.8. The number of fused-ring (bicyclic) bond motifs is 1. The lowest BCUT2D eigenvalue weighted by atomic mass is 10.1. The average Bonchev–Trinajstić information content (AvgIpc) is 2.58. The average molecular weight is 322 g/mol. The van der Waals surface area contributed by atoms with Crippen molar-refractivity contribution in [3.8, 4) is 17.1 Å². The number of aryl methyl sites for hydroxylation is 1. The van der Waals surface area contributed by atoms with E-state index in [1.807, 2.05) is 37.3 Å². The molecule has 0 amide bonds. The predicted octanol–water partition coefficient (Wildman–Crippen LogP) is 4.12. The van der Waals surface area contributed by atoms with Crippen molar-refractivity contribution in [1.82, 2.24) is 0 Å². The summed E-state index contributed by atoms with van der Waals surface area (Å²) < 4.78 is 11.6. The summed E-state index contributed by atoms with van der Waals surface area (Å²) in [5.74, 6) is 0.254. The van der Waals surface area contributed by atoms with Gasteiger partial charge in [-0.3, -0.25) is 9.59 Å². The van der Waals surface area contributed by atoms with Crippen LogP contribution in [0.25, 0.3) is 22.3 Å². The SMILES string of the molecule is CC(=O)[C@@H](C)Oc1c(-c2ccc(C)cc2)oc2ccccc2c1=O. The molecule has 0 spiro atoms. The van der Waals surface area contributed by atoms with Gasteiger partial charge in [0.05, 0.1) is 5.39 Å². The van der Waals surface area contributed by atoms with Crippen LogP contribution in [0.3, 0.4) is 0 Å². The lowest BCUT2D eigenvalue weighted by Gasteiger charge is -2.15. The first kappa shape index (κ1) is 16.0. The third kappa shape index (κ3) is 2.95. The second-order valence-electron chi connectivity index (χ2n) is 5.82. The molecule has 0 radical (unpaired) electrons. The van der Waals surface area contributed by atoms with Crippen LogP contribution in [0.1, 0.15) is 19.4 Å². The molecule has 0 bridgehead atoms. The van der Waals surface area contributed by atoms with Crippen LogP contribution in [-0.2, 0) is 4.79 Å². The van der Waals surface area contributed by atoms with E-state index in [9.17, 15) is 9.59 Å². The topological polar surface area (TPSA) is 56.5 Å². The first-order valence-corrected chi connectivity index (χ1v) is 7.77. The fraction of sp³-hybridized carbons (Fsp3) is 0.200.